The van der Waals surface area contributed by atoms with Gasteiger partial charge < -0.3 is 20.4 Å². The number of hydrogen-bond donors (Lipinski definition) is 3. The first kappa shape index (κ1) is 16.8. The smallest absolute Gasteiger partial charge is 0.319 e. The van der Waals surface area contributed by atoms with Gasteiger partial charge in [-0.25, -0.2) is 4.79 Å². The first-order valence-corrected chi connectivity index (χ1v) is 8.33. The molecule has 0 saturated carbocycles. The molecule has 130 valence electrons. The standard InChI is InChI=1S/C19H21N3O3/c23-18(12-14-4-1-2-5-14)21-15-7-9-16(10-8-15)22-19(24)20-13-17-6-3-11-25-17/h1,3-4,6-11,14H,2,5,12-13H2,(H,21,23)(H2,20,22,24). The van der Waals surface area contributed by atoms with Crippen molar-refractivity contribution < 1.29 is 14.0 Å². The maximum Gasteiger partial charge on any atom is 0.319 e. The fraction of sp³-hybridized carbons (Fsp3) is 0.263. The monoisotopic (exact) mass is 339 g/mol. The van der Waals surface area contributed by atoms with Gasteiger partial charge in [0.25, 0.3) is 0 Å². The van der Waals surface area contributed by atoms with Crippen LogP contribution in [-0.2, 0) is 11.3 Å². The minimum atomic E-state index is -0.318. The van der Waals surface area contributed by atoms with E-state index in [9.17, 15) is 9.59 Å². The molecule has 1 aromatic heterocycles. The van der Waals surface area contributed by atoms with Gasteiger partial charge in [-0.1, -0.05) is 12.2 Å². The van der Waals surface area contributed by atoms with Gasteiger partial charge in [-0.2, -0.15) is 0 Å². The average molecular weight is 339 g/mol. The molecule has 1 atom stereocenters. The molecular weight excluding hydrogens is 318 g/mol. The number of carbonyl (C=O) groups excluding carboxylic acids is 2. The predicted octanol–water partition coefficient (Wildman–Crippen LogP) is 3.90. The Morgan fingerprint density at radius 3 is 2.48 bits per heavy atom. The van der Waals surface area contributed by atoms with Crippen LogP contribution in [0.15, 0.2) is 59.2 Å². The van der Waals surface area contributed by atoms with Gasteiger partial charge in [0.2, 0.25) is 5.91 Å². The van der Waals surface area contributed by atoms with Gasteiger partial charge in [-0.05, 0) is 55.2 Å². The van der Waals surface area contributed by atoms with Gasteiger partial charge in [-0.15, -0.1) is 0 Å². The van der Waals surface area contributed by atoms with Crippen LogP contribution in [-0.4, -0.2) is 11.9 Å². The van der Waals surface area contributed by atoms with Crippen molar-refractivity contribution in [1.82, 2.24) is 5.32 Å². The highest BCUT2D eigenvalue weighted by atomic mass is 16.3. The first-order valence-electron chi connectivity index (χ1n) is 8.33. The van der Waals surface area contributed by atoms with Crippen molar-refractivity contribution in [2.45, 2.75) is 25.8 Å². The zero-order valence-electron chi connectivity index (χ0n) is 13.8. The molecule has 1 aliphatic carbocycles. The second kappa shape index (κ2) is 8.19. The van der Waals surface area contributed by atoms with Gasteiger partial charge in [0.05, 0.1) is 12.8 Å². The Bertz CT molecular complexity index is 736. The summed E-state index contributed by atoms with van der Waals surface area (Å²) >= 11 is 0. The largest absolute Gasteiger partial charge is 0.467 e. The number of urea groups is 1. The Kier molecular flexibility index (Phi) is 5.51. The summed E-state index contributed by atoms with van der Waals surface area (Å²) in [6.07, 6.45) is 8.39. The quantitative estimate of drug-likeness (QED) is 0.698. The Hall–Kier alpha value is -3.02. The molecular formula is C19H21N3O3. The van der Waals surface area contributed by atoms with E-state index in [2.05, 4.69) is 28.1 Å². The molecule has 0 fully saturated rings. The number of rotatable bonds is 6. The molecule has 0 spiro atoms. The second-order valence-electron chi connectivity index (χ2n) is 5.98. The summed E-state index contributed by atoms with van der Waals surface area (Å²) in [6.45, 7) is 0.322. The van der Waals surface area contributed by atoms with E-state index in [0.29, 0.717) is 36.0 Å². The number of anilines is 2. The average Bonchev–Trinajstić information content (AvgIpc) is 3.28. The number of benzene rings is 1. The van der Waals surface area contributed by atoms with E-state index in [4.69, 9.17) is 4.42 Å². The van der Waals surface area contributed by atoms with E-state index >= 15 is 0 Å². The molecule has 0 aliphatic heterocycles. The molecule has 3 amide bonds. The van der Waals surface area contributed by atoms with Crippen LogP contribution in [0.3, 0.4) is 0 Å². The summed E-state index contributed by atoms with van der Waals surface area (Å²) in [6, 6.07) is 10.3. The molecule has 25 heavy (non-hydrogen) atoms. The minimum absolute atomic E-state index is 0.00782. The van der Waals surface area contributed by atoms with Crippen molar-refractivity contribution in [2.24, 2.45) is 5.92 Å². The zero-order valence-corrected chi connectivity index (χ0v) is 13.8. The normalized spacial score (nSPS) is 15.8. The van der Waals surface area contributed by atoms with E-state index in [1.807, 2.05) is 0 Å². The topological polar surface area (TPSA) is 83.4 Å². The Morgan fingerprint density at radius 2 is 1.84 bits per heavy atom. The number of hydrogen-bond acceptors (Lipinski definition) is 3. The van der Waals surface area contributed by atoms with Crippen molar-refractivity contribution in [3.05, 3.63) is 60.6 Å². The lowest BCUT2D eigenvalue weighted by atomic mass is 10.1. The maximum absolute atomic E-state index is 12.0. The fourth-order valence-corrected chi connectivity index (χ4v) is 2.71. The van der Waals surface area contributed by atoms with Crippen LogP contribution in [0.4, 0.5) is 16.2 Å². The van der Waals surface area contributed by atoms with Crippen LogP contribution in [0.1, 0.15) is 25.0 Å². The molecule has 1 aliphatic rings. The number of amides is 3. The predicted molar refractivity (Wildman–Crippen MR) is 96.1 cm³/mol. The number of nitrogens with one attached hydrogen (secondary N) is 3. The summed E-state index contributed by atoms with van der Waals surface area (Å²) < 4.78 is 5.15. The van der Waals surface area contributed by atoms with Crippen molar-refractivity contribution in [1.29, 1.82) is 0 Å². The highest BCUT2D eigenvalue weighted by Gasteiger charge is 2.14. The van der Waals surface area contributed by atoms with E-state index in [1.54, 1.807) is 42.7 Å². The van der Waals surface area contributed by atoms with Gasteiger partial charge in [0.15, 0.2) is 0 Å². The summed E-state index contributed by atoms with van der Waals surface area (Å²) in [7, 11) is 0. The van der Waals surface area contributed by atoms with Crippen molar-refractivity contribution in [2.75, 3.05) is 10.6 Å². The summed E-state index contributed by atoms with van der Waals surface area (Å²) in [4.78, 5) is 23.8. The van der Waals surface area contributed by atoms with Crippen LogP contribution in [0.25, 0.3) is 0 Å². The second-order valence-corrected chi connectivity index (χ2v) is 5.98. The van der Waals surface area contributed by atoms with E-state index in [0.717, 1.165) is 12.8 Å². The maximum atomic E-state index is 12.0. The number of furan rings is 1. The molecule has 6 nitrogen and oxygen atoms in total. The number of carbonyl (C=O) groups is 2. The molecule has 6 heteroatoms. The molecule has 1 unspecified atom stereocenters. The van der Waals surface area contributed by atoms with Gasteiger partial charge in [0, 0.05) is 17.8 Å². The SMILES string of the molecule is O=C(CC1C=CCC1)Nc1ccc(NC(=O)NCc2ccco2)cc1. The third-order valence-corrected chi connectivity index (χ3v) is 3.99. The summed E-state index contributed by atoms with van der Waals surface area (Å²) in [5.41, 5.74) is 1.36. The van der Waals surface area contributed by atoms with Gasteiger partial charge in [-0.3, -0.25) is 4.79 Å². The summed E-state index contributed by atoms with van der Waals surface area (Å²) in [5.74, 6) is 1.04. The minimum Gasteiger partial charge on any atom is -0.467 e. The molecule has 3 rings (SSSR count). The van der Waals surface area contributed by atoms with E-state index in [1.165, 1.54) is 0 Å². The van der Waals surface area contributed by atoms with Gasteiger partial charge >= 0.3 is 6.03 Å². The van der Waals surface area contributed by atoms with E-state index < -0.39 is 0 Å². The van der Waals surface area contributed by atoms with Crippen molar-refractivity contribution >= 4 is 23.3 Å². The van der Waals surface area contributed by atoms with Crippen LogP contribution in [0.5, 0.6) is 0 Å². The zero-order chi connectivity index (χ0) is 17.5. The van der Waals surface area contributed by atoms with Crippen molar-refractivity contribution in [3.8, 4) is 0 Å². The van der Waals surface area contributed by atoms with Crippen LogP contribution in [0.2, 0.25) is 0 Å². The van der Waals surface area contributed by atoms with Crippen LogP contribution in [0, 0.1) is 5.92 Å². The van der Waals surface area contributed by atoms with E-state index in [-0.39, 0.29) is 11.9 Å². The van der Waals surface area contributed by atoms with Crippen molar-refractivity contribution in [3.63, 3.8) is 0 Å². The Labute approximate surface area is 146 Å². The lowest BCUT2D eigenvalue weighted by Crippen LogP contribution is -2.27. The molecule has 0 radical (unpaired) electrons. The molecule has 1 aromatic carbocycles. The molecule has 1 heterocycles. The highest BCUT2D eigenvalue weighted by molar-refractivity contribution is 5.92. The van der Waals surface area contributed by atoms with Crippen LogP contribution >= 0.6 is 0 Å². The molecule has 2 aromatic rings. The third-order valence-electron chi connectivity index (χ3n) is 3.99. The highest BCUT2D eigenvalue weighted by Crippen LogP contribution is 2.21. The first-order chi connectivity index (χ1) is 12.2. The lowest BCUT2D eigenvalue weighted by Gasteiger charge is -2.10. The molecule has 3 N–H and O–H groups in total. The molecule has 0 bridgehead atoms. The molecule has 0 saturated heterocycles. The Morgan fingerprint density at radius 1 is 1.08 bits per heavy atom. The lowest BCUT2D eigenvalue weighted by molar-refractivity contribution is -0.116. The third kappa shape index (κ3) is 5.24. The fourth-order valence-electron chi connectivity index (χ4n) is 2.71. The van der Waals surface area contributed by atoms with Crippen LogP contribution < -0.4 is 16.0 Å². The summed E-state index contributed by atoms with van der Waals surface area (Å²) in [5, 5.41) is 8.31. The Balaban J connectivity index is 1.44. The van der Waals surface area contributed by atoms with Gasteiger partial charge in [0.1, 0.15) is 5.76 Å². The number of allylic oxidation sites excluding steroid dienone is 2.